The van der Waals surface area contributed by atoms with Gasteiger partial charge in [0.15, 0.2) is 5.78 Å². The molecule has 35 heavy (non-hydrogen) atoms. The average Bonchev–Trinajstić information content (AvgIpc) is 3.27. The van der Waals surface area contributed by atoms with Gasteiger partial charge in [-0.2, -0.15) is 5.26 Å². The molecule has 4 aromatic rings. The number of hydrogen-bond acceptors (Lipinski definition) is 4. The lowest BCUT2D eigenvalue weighted by molar-refractivity contribution is -0.121. The first-order chi connectivity index (χ1) is 16.9. The largest absolute Gasteiger partial charge is 0.296 e. The Labute approximate surface area is 202 Å². The predicted octanol–water partition coefficient (Wildman–Crippen LogP) is 5.72. The van der Waals surface area contributed by atoms with E-state index in [4.69, 9.17) is 4.98 Å². The van der Waals surface area contributed by atoms with Gasteiger partial charge < -0.3 is 0 Å². The summed E-state index contributed by atoms with van der Waals surface area (Å²) in [5, 5.41) is 10.7. The second-order valence-corrected chi connectivity index (χ2v) is 9.71. The van der Waals surface area contributed by atoms with Gasteiger partial charge in [0.05, 0.1) is 22.5 Å². The molecule has 3 atom stereocenters. The van der Waals surface area contributed by atoms with Crippen LogP contribution < -0.4 is 0 Å². The van der Waals surface area contributed by atoms with Gasteiger partial charge in [-0.3, -0.25) is 14.3 Å². The van der Waals surface area contributed by atoms with E-state index < -0.39 is 5.41 Å². The van der Waals surface area contributed by atoms with E-state index in [1.807, 2.05) is 47.9 Å². The third-order valence-corrected chi connectivity index (χ3v) is 7.71. The van der Waals surface area contributed by atoms with Gasteiger partial charge in [-0.25, -0.2) is 9.37 Å². The van der Waals surface area contributed by atoms with Crippen LogP contribution >= 0.6 is 0 Å². The monoisotopic (exact) mass is 462 g/mol. The number of fused-ring (bicyclic) bond motifs is 4. The number of aromatic nitrogens is 3. The van der Waals surface area contributed by atoms with E-state index in [2.05, 4.69) is 24.0 Å². The highest BCUT2D eigenvalue weighted by Gasteiger charge is 2.50. The second kappa shape index (κ2) is 7.71. The van der Waals surface area contributed by atoms with Gasteiger partial charge in [0.25, 0.3) is 0 Å². The van der Waals surface area contributed by atoms with Crippen molar-refractivity contribution in [2.24, 2.45) is 11.8 Å². The molecule has 0 aliphatic heterocycles. The molecule has 2 aromatic heterocycles. The Morgan fingerprint density at radius 2 is 2.00 bits per heavy atom. The fourth-order valence-electron chi connectivity index (χ4n) is 5.99. The number of para-hydroxylation sites is 1. The summed E-state index contributed by atoms with van der Waals surface area (Å²) in [7, 11) is 0. The Bertz CT molecular complexity index is 1590. The van der Waals surface area contributed by atoms with E-state index in [0.717, 1.165) is 34.3 Å². The maximum Gasteiger partial charge on any atom is 0.176 e. The Morgan fingerprint density at radius 1 is 1.17 bits per heavy atom. The van der Waals surface area contributed by atoms with Crippen LogP contribution in [0.15, 0.2) is 72.4 Å². The smallest absolute Gasteiger partial charge is 0.176 e. The maximum absolute atomic E-state index is 14.3. The number of benzene rings is 2. The van der Waals surface area contributed by atoms with E-state index >= 15 is 0 Å². The fraction of sp³-hybridized carbons (Fsp3) is 0.241. The molecule has 0 bridgehead atoms. The highest BCUT2D eigenvalue weighted by atomic mass is 19.1. The molecule has 1 unspecified atom stereocenters. The van der Waals surface area contributed by atoms with Crippen LogP contribution in [-0.2, 0) is 16.6 Å². The molecule has 2 aliphatic carbocycles. The van der Waals surface area contributed by atoms with Crippen LogP contribution in [0.3, 0.4) is 0 Å². The molecular formula is C29H23FN4O. The maximum atomic E-state index is 14.3. The molecule has 2 heterocycles. The van der Waals surface area contributed by atoms with Crippen molar-refractivity contribution in [2.75, 3.05) is 0 Å². The van der Waals surface area contributed by atoms with E-state index in [1.54, 1.807) is 12.3 Å². The molecule has 0 saturated carbocycles. The normalized spacial score (nSPS) is 23.4. The fourth-order valence-corrected chi connectivity index (χ4v) is 5.99. The van der Waals surface area contributed by atoms with Crippen molar-refractivity contribution in [3.05, 3.63) is 89.6 Å². The van der Waals surface area contributed by atoms with E-state index in [9.17, 15) is 14.4 Å². The molecule has 5 nitrogen and oxygen atoms in total. The third kappa shape index (κ3) is 3.15. The number of hydrogen-bond donors (Lipinski definition) is 0. The zero-order valence-corrected chi connectivity index (χ0v) is 19.5. The van der Waals surface area contributed by atoms with Crippen molar-refractivity contribution < 1.29 is 9.18 Å². The summed E-state index contributed by atoms with van der Waals surface area (Å²) in [6, 6.07) is 18.6. The molecule has 172 valence electrons. The van der Waals surface area contributed by atoms with Gasteiger partial charge >= 0.3 is 0 Å². The number of rotatable bonds is 2. The Hall–Kier alpha value is -4.11. The summed E-state index contributed by atoms with van der Waals surface area (Å²) < 4.78 is 16.4. The molecule has 2 aliphatic rings. The highest BCUT2D eigenvalue weighted by molar-refractivity contribution is 6.02. The first-order valence-corrected chi connectivity index (χ1v) is 11.8. The molecule has 0 spiro atoms. The Kier molecular flexibility index (Phi) is 4.72. The molecular weight excluding hydrogens is 439 g/mol. The average molecular weight is 463 g/mol. The Morgan fingerprint density at radius 3 is 2.80 bits per heavy atom. The van der Waals surface area contributed by atoms with Crippen molar-refractivity contribution in [3.63, 3.8) is 0 Å². The van der Waals surface area contributed by atoms with Crippen LogP contribution in [0.5, 0.6) is 0 Å². The van der Waals surface area contributed by atoms with Crippen LogP contribution in [0.1, 0.15) is 31.7 Å². The lowest BCUT2D eigenvalue weighted by Crippen LogP contribution is -2.45. The molecule has 0 radical (unpaired) electrons. The molecule has 0 saturated heterocycles. The predicted molar refractivity (Wildman–Crippen MR) is 131 cm³/mol. The van der Waals surface area contributed by atoms with E-state index in [0.29, 0.717) is 17.9 Å². The van der Waals surface area contributed by atoms with Crippen LogP contribution in [0, 0.1) is 29.0 Å². The van der Waals surface area contributed by atoms with Crippen LogP contribution in [0.25, 0.3) is 28.0 Å². The van der Waals surface area contributed by atoms with Crippen LogP contribution in [-0.4, -0.2) is 20.3 Å². The van der Waals surface area contributed by atoms with E-state index in [1.165, 1.54) is 12.1 Å². The van der Waals surface area contributed by atoms with E-state index in [-0.39, 0.29) is 29.0 Å². The summed E-state index contributed by atoms with van der Waals surface area (Å²) in [4.78, 5) is 22.6. The summed E-state index contributed by atoms with van der Waals surface area (Å²) in [5.41, 5.74) is 3.83. The van der Waals surface area contributed by atoms with Crippen molar-refractivity contribution in [2.45, 2.75) is 32.1 Å². The molecule has 6 rings (SSSR count). The van der Waals surface area contributed by atoms with Crippen molar-refractivity contribution in [1.82, 2.24) is 14.5 Å². The third-order valence-electron chi connectivity index (χ3n) is 7.71. The van der Waals surface area contributed by atoms with Gasteiger partial charge in [-0.1, -0.05) is 44.2 Å². The number of ketones is 1. The number of carbonyl (C=O) groups excluding carboxylic acids is 1. The zero-order valence-electron chi connectivity index (χ0n) is 19.5. The first kappa shape index (κ1) is 21.4. The topological polar surface area (TPSA) is 71.6 Å². The molecule has 0 fully saturated rings. The SMILES string of the molecule is C[C@H]1C(=O)C(C#N)=CC2(C)c3nc(-c4cnc5ccccc5c4)n(-c4cccc(F)c4)c3CC[C@H]12. The number of nitriles is 1. The van der Waals surface area contributed by atoms with Gasteiger partial charge in [-0.15, -0.1) is 0 Å². The van der Waals surface area contributed by atoms with Crippen LogP contribution in [0.2, 0.25) is 0 Å². The van der Waals surface area contributed by atoms with Crippen molar-refractivity contribution in [3.8, 4) is 23.1 Å². The molecule has 6 heteroatoms. The number of nitrogens with zero attached hydrogens (tertiary/aromatic N) is 4. The Balaban J connectivity index is 1.65. The zero-order chi connectivity index (χ0) is 24.3. The van der Waals surface area contributed by atoms with Gasteiger partial charge in [0, 0.05) is 34.2 Å². The quantitative estimate of drug-likeness (QED) is 0.382. The molecule has 2 aromatic carbocycles. The number of halogens is 1. The van der Waals surface area contributed by atoms with Crippen molar-refractivity contribution in [1.29, 1.82) is 5.26 Å². The second-order valence-electron chi connectivity index (χ2n) is 9.71. The summed E-state index contributed by atoms with van der Waals surface area (Å²) in [5.74, 6) is 0.0334. The van der Waals surface area contributed by atoms with Gasteiger partial charge in [0.1, 0.15) is 17.7 Å². The highest BCUT2D eigenvalue weighted by Crippen LogP contribution is 2.50. The number of pyridine rings is 1. The first-order valence-electron chi connectivity index (χ1n) is 11.8. The van der Waals surface area contributed by atoms with Gasteiger partial charge in [-0.05, 0) is 49.1 Å². The number of allylic oxidation sites excluding steroid dienone is 2. The standard InChI is InChI=1S/C29H23FN4O/c1-17-23-10-11-25-27(29(23,2)14-20(15-31)26(17)35)33-28(34(25)22-8-5-7-21(30)13-22)19-12-18-6-3-4-9-24(18)32-16-19/h3-9,12-14,16-17,23H,10-11H2,1-2H3/t17-,23-,29?/m1/s1. The van der Waals surface area contributed by atoms with Crippen LogP contribution in [0.4, 0.5) is 4.39 Å². The van der Waals surface area contributed by atoms with Crippen molar-refractivity contribution >= 4 is 16.7 Å². The minimum Gasteiger partial charge on any atom is -0.296 e. The van der Waals surface area contributed by atoms with Gasteiger partial charge in [0.2, 0.25) is 0 Å². The molecule has 0 amide bonds. The summed E-state index contributed by atoms with van der Waals surface area (Å²) in [6.07, 6.45) is 5.09. The minimum atomic E-state index is -0.580. The number of Topliss-reactive ketones (excluding diaryl/α,β-unsaturated/α-hetero) is 1. The minimum absolute atomic E-state index is 0.0398. The molecule has 0 N–H and O–H groups in total. The summed E-state index contributed by atoms with van der Waals surface area (Å²) >= 11 is 0. The summed E-state index contributed by atoms with van der Waals surface area (Å²) in [6.45, 7) is 3.99. The lowest BCUT2D eigenvalue weighted by atomic mass is 9.58. The lowest BCUT2D eigenvalue weighted by Gasteiger charge is -2.44. The number of imidazole rings is 1. The number of carbonyl (C=O) groups is 1.